The van der Waals surface area contributed by atoms with E-state index in [1.54, 1.807) is 7.11 Å². The molecular weight excluding hydrogens is 615 g/mol. The minimum atomic E-state index is -0.944. The molecule has 0 saturated heterocycles. The van der Waals surface area contributed by atoms with Crippen LogP contribution in [-0.4, -0.2) is 47.3 Å². The Balaban J connectivity index is 1.14. The molecule has 1 N–H and O–H groups in total. The Morgan fingerprint density at radius 3 is 2.00 bits per heavy atom. The molecule has 0 spiro atoms. The minimum absolute atomic E-state index is 0.0475. The Morgan fingerprint density at radius 2 is 1.40 bits per heavy atom. The van der Waals surface area contributed by atoms with Crippen molar-refractivity contribution in [3.63, 3.8) is 0 Å². The number of aliphatic hydroxyl groups is 1. The third-order valence-electron chi connectivity index (χ3n) is 18.5. The number of hydrogen-bond donors (Lipinski definition) is 1. The number of hydrogen-bond acceptors (Lipinski definition) is 4. The summed E-state index contributed by atoms with van der Waals surface area (Å²) in [6, 6.07) is 1.36. The van der Waals surface area contributed by atoms with Crippen LogP contribution in [-0.2, 0) is 9.53 Å². The summed E-state index contributed by atoms with van der Waals surface area (Å²) in [4.78, 5) is 16.4. The van der Waals surface area contributed by atoms with Gasteiger partial charge in [-0.05, 0) is 143 Å². The molecule has 0 radical (unpaired) electrons. The molecule has 7 fully saturated rings. The van der Waals surface area contributed by atoms with Gasteiger partial charge in [-0.2, -0.15) is 0 Å². The van der Waals surface area contributed by atoms with E-state index in [4.69, 9.17) is 4.74 Å². The van der Waals surface area contributed by atoms with Gasteiger partial charge in [-0.3, -0.25) is 9.69 Å². The van der Waals surface area contributed by atoms with Gasteiger partial charge in [-0.25, -0.2) is 0 Å². The van der Waals surface area contributed by atoms with Crippen LogP contribution in [0.15, 0.2) is 12.2 Å². The first-order valence-electron chi connectivity index (χ1n) is 21.4. The smallest absolute Gasteiger partial charge is 0.312 e. The summed E-state index contributed by atoms with van der Waals surface area (Å²) >= 11 is 0. The summed E-state index contributed by atoms with van der Waals surface area (Å²) in [6.45, 7) is 20.2. The number of methoxy groups -OCH3 is 1. The maximum atomic E-state index is 13.6. The lowest BCUT2D eigenvalue weighted by molar-refractivity contribution is -0.256. The predicted molar refractivity (Wildman–Crippen MR) is 204 cm³/mol. The van der Waals surface area contributed by atoms with Crippen LogP contribution >= 0.6 is 0 Å². The van der Waals surface area contributed by atoms with Gasteiger partial charge >= 0.3 is 5.97 Å². The van der Waals surface area contributed by atoms with E-state index in [2.05, 4.69) is 64.9 Å². The van der Waals surface area contributed by atoms with E-state index in [0.717, 1.165) is 51.5 Å². The van der Waals surface area contributed by atoms with E-state index in [9.17, 15) is 9.90 Å². The van der Waals surface area contributed by atoms with Crippen LogP contribution in [0.2, 0.25) is 0 Å². The molecule has 10 atom stereocenters. The zero-order valence-electron chi connectivity index (χ0n) is 33.3. The molecule has 0 unspecified atom stereocenters. The van der Waals surface area contributed by atoms with Crippen LogP contribution in [0.1, 0.15) is 170 Å². The second-order valence-electron chi connectivity index (χ2n) is 20.5. The van der Waals surface area contributed by atoms with Gasteiger partial charge in [0.25, 0.3) is 0 Å². The molecule has 7 saturated carbocycles. The van der Waals surface area contributed by atoms with E-state index in [1.807, 2.05) is 0 Å². The van der Waals surface area contributed by atoms with Crippen LogP contribution < -0.4 is 0 Å². The average molecular weight is 688 g/mol. The lowest BCUT2D eigenvalue weighted by atomic mass is 9.31. The summed E-state index contributed by atoms with van der Waals surface area (Å²) in [5, 5.41) is 12.6. The Labute approximate surface area is 306 Å². The van der Waals surface area contributed by atoms with Gasteiger partial charge in [0.1, 0.15) is 5.60 Å². The zero-order chi connectivity index (χ0) is 35.7. The number of rotatable bonds is 5. The van der Waals surface area contributed by atoms with Crippen LogP contribution in [0, 0.1) is 68.5 Å². The molecule has 4 heteroatoms. The van der Waals surface area contributed by atoms with Crippen molar-refractivity contribution < 1.29 is 14.6 Å². The standard InChI is InChI=1S/C46H73NO3/c1-32(2)35-22-26-45(40(48)50-8)29-28-43(6)36(39(35)45)20-21-38-42(5)27-30-46(49,41(3,4)37(42)23-25-44(38,43)7)24-15-31-47(33-16-11-9-12-17-33)34-18-13-10-14-19-34/h33-39,49H,1,9-14,16-23,25-31H2,2-8H3/t35-,36+,37-,38+,39+,42-,43+,44+,45-,46-/m0/s1. The summed E-state index contributed by atoms with van der Waals surface area (Å²) in [6.07, 6.45) is 24.3. The molecule has 0 aromatic carbocycles. The maximum Gasteiger partial charge on any atom is 0.312 e. The molecule has 0 aliphatic heterocycles. The fourth-order valence-electron chi connectivity index (χ4n) is 15.5. The average Bonchev–Trinajstić information content (AvgIpc) is 3.51. The van der Waals surface area contributed by atoms with Crippen molar-refractivity contribution in [2.24, 2.45) is 56.7 Å². The van der Waals surface area contributed by atoms with Crippen molar-refractivity contribution >= 4 is 5.97 Å². The van der Waals surface area contributed by atoms with Gasteiger partial charge in [-0.1, -0.05) is 97.1 Å². The van der Waals surface area contributed by atoms with Gasteiger partial charge in [0.2, 0.25) is 0 Å². The first-order valence-corrected chi connectivity index (χ1v) is 21.4. The van der Waals surface area contributed by atoms with Crippen molar-refractivity contribution in [1.29, 1.82) is 0 Å². The first kappa shape index (κ1) is 37.0. The van der Waals surface area contributed by atoms with Crippen molar-refractivity contribution in [3.8, 4) is 11.8 Å². The number of ether oxygens (including phenoxy) is 1. The highest BCUT2D eigenvalue weighted by Gasteiger charge is 2.73. The minimum Gasteiger partial charge on any atom is -0.469 e. The van der Waals surface area contributed by atoms with Gasteiger partial charge in [0.05, 0.1) is 19.1 Å². The number of esters is 1. The Morgan fingerprint density at radius 1 is 0.760 bits per heavy atom. The molecule has 7 aliphatic carbocycles. The highest BCUT2D eigenvalue weighted by molar-refractivity contribution is 5.78. The SMILES string of the molecule is C=C(C)[C@@H]1CC[C@]2(C(=O)OC)CC[C@]3(C)[C@H](CC[C@@H]4[C@@]5(C)CC[C@@](O)(C#CCN(C6CCCCC6)C6CCCCC6)C(C)(C)[C@@H]5CC[C@]43C)[C@@H]12. The van der Waals surface area contributed by atoms with Crippen molar-refractivity contribution in [2.45, 2.75) is 188 Å². The van der Waals surface area contributed by atoms with E-state index in [0.29, 0.717) is 41.7 Å². The number of carbonyl (C=O) groups is 1. The summed E-state index contributed by atoms with van der Waals surface area (Å²) < 4.78 is 5.59. The molecule has 280 valence electrons. The van der Waals surface area contributed by atoms with Crippen LogP contribution in [0.3, 0.4) is 0 Å². The topological polar surface area (TPSA) is 49.8 Å². The van der Waals surface area contributed by atoms with Gasteiger partial charge in [-0.15, -0.1) is 0 Å². The highest BCUT2D eigenvalue weighted by atomic mass is 16.5. The molecule has 7 rings (SSSR count). The molecule has 50 heavy (non-hydrogen) atoms. The van der Waals surface area contributed by atoms with Crippen LogP contribution in [0.4, 0.5) is 0 Å². The lowest BCUT2D eigenvalue weighted by Crippen LogP contribution is -2.68. The largest absolute Gasteiger partial charge is 0.469 e. The Kier molecular flexibility index (Phi) is 9.79. The van der Waals surface area contributed by atoms with Crippen LogP contribution in [0.25, 0.3) is 0 Å². The number of carbonyl (C=O) groups excluding carboxylic acids is 1. The second kappa shape index (κ2) is 13.2. The van der Waals surface area contributed by atoms with E-state index >= 15 is 0 Å². The Bertz CT molecular complexity index is 1340. The third kappa shape index (κ3) is 5.37. The molecule has 4 nitrogen and oxygen atoms in total. The normalized spacial score (nSPS) is 46.1. The second-order valence-corrected chi connectivity index (χ2v) is 20.5. The summed E-state index contributed by atoms with van der Waals surface area (Å²) in [5.41, 5.74) is 0.291. The van der Waals surface area contributed by atoms with Gasteiger partial charge in [0.15, 0.2) is 0 Å². The third-order valence-corrected chi connectivity index (χ3v) is 18.5. The quantitative estimate of drug-likeness (QED) is 0.178. The monoisotopic (exact) mass is 688 g/mol. The van der Waals surface area contributed by atoms with Gasteiger partial charge in [0, 0.05) is 17.5 Å². The van der Waals surface area contributed by atoms with Crippen molar-refractivity contribution in [1.82, 2.24) is 4.90 Å². The highest BCUT2D eigenvalue weighted by Crippen LogP contribution is 2.78. The number of fused-ring (bicyclic) bond motifs is 7. The fraction of sp³-hybridized carbons (Fsp3) is 0.891. The van der Waals surface area contributed by atoms with E-state index < -0.39 is 5.60 Å². The first-order chi connectivity index (χ1) is 23.7. The van der Waals surface area contributed by atoms with E-state index in [1.165, 1.54) is 89.0 Å². The molecular formula is C46H73NO3. The molecule has 0 aromatic heterocycles. The van der Waals surface area contributed by atoms with E-state index in [-0.39, 0.29) is 33.0 Å². The molecule has 0 amide bonds. The lowest BCUT2D eigenvalue weighted by Gasteiger charge is -2.73. The molecule has 0 heterocycles. The fourth-order valence-corrected chi connectivity index (χ4v) is 15.5. The molecule has 7 aliphatic rings. The maximum absolute atomic E-state index is 13.6. The summed E-state index contributed by atoms with van der Waals surface area (Å²) in [5.74, 6) is 9.75. The van der Waals surface area contributed by atoms with Gasteiger partial charge < -0.3 is 9.84 Å². The van der Waals surface area contributed by atoms with Crippen molar-refractivity contribution in [3.05, 3.63) is 12.2 Å². The summed E-state index contributed by atoms with van der Waals surface area (Å²) in [7, 11) is 1.61. The number of allylic oxidation sites excluding steroid dienone is 1. The number of nitrogens with zero attached hydrogens (tertiary/aromatic N) is 1. The van der Waals surface area contributed by atoms with Crippen LogP contribution in [0.5, 0.6) is 0 Å². The Hall–Kier alpha value is -1.31. The zero-order valence-corrected chi connectivity index (χ0v) is 33.3. The molecule has 0 bridgehead atoms. The molecule has 0 aromatic rings. The predicted octanol–water partition coefficient (Wildman–Crippen LogP) is 10.5. The van der Waals surface area contributed by atoms with Crippen molar-refractivity contribution in [2.75, 3.05) is 13.7 Å².